The average Bonchev–Trinajstić information content (AvgIpc) is 2.77. The van der Waals surface area contributed by atoms with Crippen LogP contribution in [0.25, 0.3) is 0 Å². The molecule has 0 bridgehead atoms. The summed E-state index contributed by atoms with van der Waals surface area (Å²) < 4.78 is 0. The van der Waals surface area contributed by atoms with Crippen LogP contribution in [0.4, 0.5) is 4.79 Å². The van der Waals surface area contributed by atoms with Crippen molar-refractivity contribution in [2.75, 3.05) is 13.1 Å². The summed E-state index contributed by atoms with van der Waals surface area (Å²) in [7, 11) is 0. The molecule has 5 heteroatoms. The molecule has 1 unspecified atom stereocenters. The van der Waals surface area contributed by atoms with Gasteiger partial charge >= 0.3 is 12.0 Å². The normalized spacial score (nSPS) is 29.5. The van der Waals surface area contributed by atoms with E-state index in [0.717, 1.165) is 32.2 Å². The van der Waals surface area contributed by atoms with Crippen molar-refractivity contribution in [3.8, 4) is 0 Å². The van der Waals surface area contributed by atoms with E-state index in [0.29, 0.717) is 13.0 Å². The van der Waals surface area contributed by atoms with Gasteiger partial charge in [0.25, 0.3) is 0 Å². The lowest BCUT2D eigenvalue weighted by molar-refractivity contribution is -0.141. The number of carboxylic acid groups (broad SMARTS) is 1. The maximum atomic E-state index is 12.3. The molecule has 17 heavy (non-hydrogen) atoms. The first-order chi connectivity index (χ1) is 8.11. The maximum absolute atomic E-state index is 12.3. The maximum Gasteiger partial charge on any atom is 0.326 e. The molecule has 0 aromatic carbocycles. The highest BCUT2D eigenvalue weighted by Gasteiger charge is 2.37. The molecule has 1 N–H and O–H groups in total. The van der Waals surface area contributed by atoms with E-state index in [1.54, 1.807) is 0 Å². The number of carboxylic acids is 1. The van der Waals surface area contributed by atoms with Gasteiger partial charge in [-0.05, 0) is 39.0 Å². The topological polar surface area (TPSA) is 60.9 Å². The Morgan fingerprint density at radius 2 is 1.76 bits per heavy atom. The summed E-state index contributed by atoms with van der Waals surface area (Å²) in [5.74, 6) is -0.875. The lowest BCUT2D eigenvalue weighted by atomic mass is 10.0. The number of likely N-dealkylation sites (tertiary alicyclic amines) is 2. The molecule has 5 nitrogen and oxygen atoms in total. The second-order valence-electron chi connectivity index (χ2n) is 5.01. The molecule has 2 atom stereocenters. The van der Waals surface area contributed by atoms with E-state index in [9.17, 15) is 9.59 Å². The number of carbonyl (C=O) groups is 2. The molecular formula is C12H20N2O3. The second kappa shape index (κ2) is 4.94. The van der Waals surface area contributed by atoms with E-state index >= 15 is 0 Å². The van der Waals surface area contributed by atoms with Gasteiger partial charge in [-0.2, -0.15) is 0 Å². The number of carbonyl (C=O) groups excluding carboxylic acids is 1. The predicted octanol–water partition coefficient (Wildman–Crippen LogP) is 1.53. The summed E-state index contributed by atoms with van der Waals surface area (Å²) >= 11 is 0. The highest BCUT2D eigenvalue weighted by Crippen LogP contribution is 2.23. The number of nitrogens with zero attached hydrogens (tertiary/aromatic N) is 2. The van der Waals surface area contributed by atoms with Crippen LogP contribution < -0.4 is 0 Å². The summed E-state index contributed by atoms with van der Waals surface area (Å²) in [5.41, 5.74) is 0. The van der Waals surface area contributed by atoms with Crippen molar-refractivity contribution < 1.29 is 14.7 Å². The van der Waals surface area contributed by atoms with Crippen molar-refractivity contribution in [1.82, 2.24) is 9.80 Å². The smallest absolute Gasteiger partial charge is 0.326 e. The quantitative estimate of drug-likeness (QED) is 0.756. The minimum atomic E-state index is -0.875. The van der Waals surface area contributed by atoms with E-state index in [-0.39, 0.29) is 12.1 Å². The molecule has 2 saturated heterocycles. The summed E-state index contributed by atoms with van der Waals surface area (Å²) in [6, 6.07) is -0.454. The van der Waals surface area contributed by atoms with Crippen LogP contribution in [0, 0.1) is 0 Å². The Balaban J connectivity index is 2.05. The molecule has 2 heterocycles. The molecule has 2 aliphatic heterocycles. The molecule has 0 aliphatic carbocycles. The van der Waals surface area contributed by atoms with Crippen LogP contribution in [0.3, 0.4) is 0 Å². The fraction of sp³-hybridized carbons (Fsp3) is 0.833. The number of urea groups is 1. The fourth-order valence-electron chi connectivity index (χ4n) is 2.80. The minimum absolute atomic E-state index is 0.0814. The van der Waals surface area contributed by atoms with Crippen LogP contribution in [0.1, 0.15) is 39.0 Å². The molecule has 96 valence electrons. The molecule has 2 aliphatic rings. The van der Waals surface area contributed by atoms with Crippen LogP contribution in [-0.4, -0.2) is 52.1 Å². The summed E-state index contributed by atoms with van der Waals surface area (Å²) in [4.78, 5) is 26.8. The Hall–Kier alpha value is -1.26. The lowest BCUT2D eigenvalue weighted by Gasteiger charge is -2.37. The van der Waals surface area contributed by atoms with Crippen molar-refractivity contribution in [2.24, 2.45) is 0 Å². The zero-order valence-corrected chi connectivity index (χ0v) is 10.3. The summed E-state index contributed by atoms with van der Waals surface area (Å²) in [6.07, 6.45) is 4.60. The summed E-state index contributed by atoms with van der Waals surface area (Å²) in [6.45, 7) is 3.39. The number of aliphatic carboxylic acids is 1. The molecule has 2 rings (SSSR count). The van der Waals surface area contributed by atoms with Crippen molar-refractivity contribution in [2.45, 2.75) is 51.1 Å². The number of rotatable bonds is 1. The third-order valence-electron chi connectivity index (χ3n) is 3.83. The van der Waals surface area contributed by atoms with Gasteiger partial charge in [-0.25, -0.2) is 9.59 Å². The first-order valence-corrected chi connectivity index (χ1v) is 6.41. The van der Waals surface area contributed by atoms with Crippen LogP contribution in [0.2, 0.25) is 0 Å². The first-order valence-electron chi connectivity index (χ1n) is 6.41. The van der Waals surface area contributed by atoms with Gasteiger partial charge in [0.15, 0.2) is 0 Å². The number of piperidine rings is 1. The second-order valence-corrected chi connectivity index (χ2v) is 5.01. The van der Waals surface area contributed by atoms with Gasteiger partial charge in [0.2, 0.25) is 0 Å². The predicted molar refractivity (Wildman–Crippen MR) is 62.8 cm³/mol. The van der Waals surface area contributed by atoms with Gasteiger partial charge in [0, 0.05) is 19.1 Å². The molecule has 0 spiro atoms. The van der Waals surface area contributed by atoms with Gasteiger partial charge in [-0.15, -0.1) is 0 Å². The third-order valence-corrected chi connectivity index (χ3v) is 3.83. The SMILES string of the molecule is CC1CCCCN1C(=O)N1CCC[C@@H]1C(=O)O. The Bertz CT molecular complexity index is 319. The van der Waals surface area contributed by atoms with Crippen LogP contribution in [0.5, 0.6) is 0 Å². The Kier molecular flexibility index (Phi) is 3.54. The van der Waals surface area contributed by atoms with Gasteiger partial charge in [0.05, 0.1) is 0 Å². The van der Waals surface area contributed by atoms with E-state index in [2.05, 4.69) is 0 Å². The molecule has 2 fully saturated rings. The van der Waals surface area contributed by atoms with Crippen molar-refractivity contribution in [1.29, 1.82) is 0 Å². The molecule has 0 aromatic heterocycles. The third kappa shape index (κ3) is 2.37. The van der Waals surface area contributed by atoms with Gasteiger partial charge in [-0.1, -0.05) is 0 Å². The van der Waals surface area contributed by atoms with Gasteiger partial charge in [-0.3, -0.25) is 0 Å². The van der Waals surface area contributed by atoms with Crippen LogP contribution in [0.15, 0.2) is 0 Å². The van der Waals surface area contributed by atoms with E-state index in [1.165, 1.54) is 4.90 Å². The molecule has 0 saturated carbocycles. The Morgan fingerprint density at radius 3 is 2.41 bits per heavy atom. The zero-order chi connectivity index (χ0) is 12.4. The van der Waals surface area contributed by atoms with Crippen molar-refractivity contribution in [3.05, 3.63) is 0 Å². The Morgan fingerprint density at radius 1 is 1.06 bits per heavy atom. The van der Waals surface area contributed by atoms with E-state index in [4.69, 9.17) is 5.11 Å². The van der Waals surface area contributed by atoms with E-state index < -0.39 is 12.0 Å². The highest BCUT2D eigenvalue weighted by atomic mass is 16.4. The molecular weight excluding hydrogens is 220 g/mol. The average molecular weight is 240 g/mol. The summed E-state index contributed by atoms with van der Waals surface area (Å²) in [5, 5.41) is 9.08. The zero-order valence-electron chi connectivity index (χ0n) is 10.3. The van der Waals surface area contributed by atoms with E-state index in [1.807, 2.05) is 11.8 Å². The number of hydrogen-bond acceptors (Lipinski definition) is 2. The van der Waals surface area contributed by atoms with Crippen molar-refractivity contribution in [3.63, 3.8) is 0 Å². The van der Waals surface area contributed by atoms with Crippen LogP contribution in [-0.2, 0) is 4.79 Å². The van der Waals surface area contributed by atoms with Crippen LogP contribution >= 0.6 is 0 Å². The lowest BCUT2D eigenvalue weighted by Crippen LogP contribution is -2.52. The molecule has 0 radical (unpaired) electrons. The standard InChI is InChI=1S/C12H20N2O3/c1-9-5-2-3-7-13(9)12(17)14-8-4-6-10(14)11(15)16/h9-10H,2-8H2,1H3,(H,15,16)/t9?,10-/m1/s1. The monoisotopic (exact) mass is 240 g/mol. The van der Waals surface area contributed by atoms with Crippen molar-refractivity contribution >= 4 is 12.0 Å². The highest BCUT2D eigenvalue weighted by molar-refractivity contribution is 5.83. The number of hydrogen-bond donors (Lipinski definition) is 1. The fourth-order valence-corrected chi connectivity index (χ4v) is 2.80. The van der Waals surface area contributed by atoms with Gasteiger partial charge < -0.3 is 14.9 Å². The Labute approximate surface area is 101 Å². The molecule has 0 aromatic rings. The number of amides is 2. The molecule has 2 amide bonds. The minimum Gasteiger partial charge on any atom is -0.480 e. The van der Waals surface area contributed by atoms with Gasteiger partial charge in [0.1, 0.15) is 6.04 Å². The largest absolute Gasteiger partial charge is 0.480 e. The first kappa shape index (κ1) is 12.2.